The molecule has 0 saturated heterocycles. The maximum Gasteiger partial charge on any atom is 0.251 e. The number of amides is 1. The molecule has 2 aromatic rings. The zero-order valence-electron chi connectivity index (χ0n) is 12.2. The number of hydrogen-bond donors (Lipinski definition) is 1. The number of rotatable bonds is 6. The van der Waals surface area contributed by atoms with Crippen LogP contribution in [0.3, 0.4) is 0 Å². The molecule has 22 heavy (non-hydrogen) atoms. The second-order valence-electron chi connectivity index (χ2n) is 4.79. The summed E-state index contributed by atoms with van der Waals surface area (Å²) >= 11 is 11.9. The van der Waals surface area contributed by atoms with Gasteiger partial charge in [-0.25, -0.2) is 0 Å². The van der Waals surface area contributed by atoms with Crippen LogP contribution in [0, 0.1) is 0 Å². The molecule has 0 aromatic heterocycles. The Hall–Kier alpha value is -1.71. The lowest BCUT2D eigenvalue weighted by atomic mass is 10.2. The van der Waals surface area contributed by atoms with Gasteiger partial charge in [0.15, 0.2) is 0 Å². The smallest absolute Gasteiger partial charge is 0.251 e. The number of ether oxygens (including phenoxy) is 1. The Kier molecular flexibility index (Phi) is 6.10. The zero-order valence-corrected chi connectivity index (χ0v) is 13.7. The molecule has 5 heteroatoms. The van der Waals surface area contributed by atoms with E-state index in [1.165, 1.54) is 0 Å². The summed E-state index contributed by atoms with van der Waals surface area (Å²) in [4.78, 5) is 12.1. The fourth-order valence-electron chi connectivity index (χ4n) is 1.87. The quantitative estimate of drug-likeness (QED) is 0.828. The van der Waals surface area contributed by atoms with E-state index < -0.39 is 0 Å². The van der Waals surface area contributed by atoms with Crippen LogP contribution in [0.1, 0.15) is 29.3 Å². The van der Waals surface area contributed by atoms with Gasteiger partial charge in [0.2, 0.25) is 0 Å². The van der Waals surface area contributed by atoms with Gasteiger partial charge in [0.1, 0.15) is 5.75 Å². The highest BCUT2D eigenvalue weighted by atomic mass is 35.5. The molecular formula is C17H17Cl2NO2. The van der Waals surface area contributed by atoms with Crippen LogP contribution < -0.4 is 10.1 Å². The van der Waals surface area contributed by atoms with Crippen LogP contribution in [0.15, 0.2) is 42.5 Å². The molecule has 0 aliphatic rings. The Bertz CT molecular complexity index is 642. The molecule has 0 fully saturated rings. The summed E-state index contributed by atoms with van der Waals surface area (Å²) in [5.74, 6) is 0.604. The lowest BCUT2D eigenvalue weighted by Crippen LogP contribution is -2.22. The summed E-state index contributed by atoms with van der Waals surface area (Å²) < 4.78 is 5.48. The van der Waals surface area contributed by atoms with E-state index >= 15 is 0 Å². The normalized spacial score (nSPS) is 10.3. The molecule has 0 unspecified atom stereocenters. The van der Waals surface area contributed by atoms with Crippen molar-refractivity contribution in [3.8, 4) is 5.75 Å². The van der Waals surface area contributed by atoms with Gasteiger partial charge in [0.25, 0.3) is 5.91 Å². The zero-order chi connectivity index (χ0) is 15.9. The summed E-state index contributed by atoms with van der Waals surface area (Å²) in [6.45, 7) is 3.06. The Labute approximate surface area is 140 Å². The van der Waals surface area contributed by atoms with Gasteiger partial charge < -0.3 is 10.1 Å². The number of carbonyl (C=O) groups excluding carboxylic acids is 1. The van der Waals surface area contributed by atoms with Crippen molar-refractivity contribution in [3.63, 3.8) is 0 Å². The number of hydrogen-bond acceptors (Lipinski definition) is 2. The molecule has 1 N–H and O–H groups in total. The average molecular weight is 338 g/mol. The summed E-state index contributed by atoms with van der Waals surface area (Å²) in [5.41, 5.74) is 1.40. The van der Waals surface area contributed by atoms with Crippen molar-refractivity contribution in [2.75, 3.05) is 6.61 Å². The molecule has 116 valence electrons. The molecule has 2 rings (SSSR count). The van der Waals surface area contributed by atoms with E-state index in [-0.39, 0.29) is 5.91 Å². The van der Waals surface area contributed by atoms with Crippen LogP contribution in [0.4, 0.5) is 0 Å². The second kappa shape index (κ2) is 8.06. The summed E-state index contributed by atoms with van der Waals surface area (Å²) in [6.07, 6.45) is 0.949. The van der Waals surface area contributed by atoms with E-state index in [1.54, 1.807) is 42.5 Å². The average Bonchev–Trinajstić information content (AvgIpc) is 2.52. The lowest BCUT2D eigenvalue weighted by molar-refractivity contribution is 0.0951. The van der Waals surface area contributed by atoms with Crippen LogP contribution in [0.5, 0.6) is 5.75 Å². The number of benzene rings is 2. The van der Waals surface area contributed by atoms with Crippen LogP contribution in [-0.2, 0) is 6.54 Å². The second-order valence-corrected chi connectivity index (χ2v) is 5.63. The highest BCUT2D eigenvalue weighted by molar-refractivity contribution is 6.35. The minimum atomic E-state index is -0.159. The van der Waals surface area contributed by atoms with Gasteiger partial charge in [0, 0.05) is 22.2 Å². The van der Waals surface area contributed by atoms with Crippen molar-refractivity contribution in [2.45, 2.75) is 19.9 Å². The highest BCUT2D eigenvalue weighted by Crippen LogP contribution is 2.21. The van der Waals surface area contributed by atoms with E-state index in [9.17, 15) is 4.79 Å². The maximum atomic E-state index is 12.1. The first kappa shape index (κ1) is 16.7. The SMILES string of the molecule is CCCOc1ccc(C(=O)NCc2ccc(Cl)cc2Cl)cc1. The summed E-state index contributed by atoms with van der Waals surface area (Å²) in [6, 6.07) is 12.3. The van der Waals surface area contributed by atoms with E-state index in [0.29, 0.717) is 28.8 Å². The first-order valence-electron chi connectivity index (χ1n) is 7.05. The molecule has 0 bridgehead atoms. The summed E-state index contributed by atoms with van der Waals surface area (Å²) in [5, 5.41) is 3.94. The van der Waals surface area contributed by atoms with Gasteiger partial charge in [-0.15, -0.1) is 0 Å². The number of carbonyl (C=O) groups is 1. The molecule has 2 aromatic carbocycles. The van der Waals surface area contributed by atoms with Gasteiger partial charge in [-0.1, -0.05) is 36.2 Å². The Morgan fingerprint density at radius 2 is 1.86 bits per heavy atom. The molecule has 0 aliphatic carbocycles. The minimum absolute atomic E-state index is 0.159. The van der Waals surface area contributed by atoms with Crippen molar-refractivity contribution in [3.05, 3.63) is 63.6 Å². The van der Waals surface area contributed by atoms with Gasteiger partial charge in [0.05, 0.1) is 6.61 Å². The van der Waals surface area contributed by atoms with E-state index in [0.717, 1.165) is 17.7 Å². The maximum absolute atomic E-state index is 12.1. The van der Waals surface area contributed by atoms with Gasteiger partial charge in [-0.05, 0) is 48.4 Å². The summed E-state index contributed by atoms with van der Waals surface area (Å²) in [7, 11) is 0. The fourth-order valence-corrected chi connectivity index (χ4v) is 2.34. The van der Waals surface area contributed by atoms with Crippen LogP contribution in [0.2, 0.25) is 10.0 Å². The molecule has 0 saturated carbocycles. The molecule has 1 amide bonds. The van der Waals surface area contributed by atoms with Gasteiger partial charge in [-0.3, -0.25) is 4.79 Å². The van der Waals surface area contributed by atoms with E-state index in [4.69, 9.17) is 27.9 Å². The van der Waals surface area contributed by atoms with Gasteiger partial charge >= 0.3 is 0 Å². The lowest BCUT2D eigenvalue weighted by Gasteiger charge is -2.08. The van der Waals surface area contributed by atoms with Crippen LogP contribution in [0.25, 0.3) is 0 Å². The molecule has 0 aliphatic heterocycles. The van der Waals surface area contributed by atoms with Crippen LogP contribution >= 0.6 is 23.2 Å². The van der Waals surface area contributed by atoms with Crippen LogP contribution in [-0.4, -0.2) is 12.5 Å². The largest absolute Gasteiger partial charge is 0.494 e. The predicted molar refractivity (Wildman–Crippen MR) is 89.9 cm³/mol. The van der Waals surface area contributed by atoms with Crippen molar-refractivity contribution in [1.82, 2.24) is 5.32 Å². The van der Waals surface area contributed by atoms with Crippen molar-refractivity contribution < 1.29 is 9.53 Å². The highest BCUT2D eigenvalue weighted by Gasteiger charge is 2.07. The third kappa shape index (κ3) is 4.65. The number of nitrogens with one attached hydrogen (secondary N) is 1. The minimum Gasteiger partial charge on any atom is -0.494 e. The third-order valence-corrected chi connectivity index (χ3v) is 3.63. The molecular weight excluding hydrogens is 321 g/mol. The van der Waals surface area contributed by atoms with Gasteiger partial charge in [-0.2, -0.15) is 0 Å². The molecule has 0 atom stereocenters. The first-order valence-corrected chi connectivity index (χ1v) is 7.80. The predicted octanol–water partition coefficient (Wildman–Crippen LogP) is 4.71. The number of halogens is 2. The standard InChI is InChI=1S/C17H17Cl2NO2/c1-2-9-22-15-7-4-12(5-8-15)17(21)20-11-13-3-6-14(18)10-16(13)19/h3-8,10H,2,9,11H2,1H3,(H,20,21). The van der Waals surface area contributed by atoms with E-state index in [1.807, 2.05) is 6.92 Å². The molecule has 3 nitrogen and oxygen atoms in total. The van der Waals surface area contributed by atoms with Crippen molar-refractivity contribution in [1.29, 1.82) is 0 Å². The monoisotopic (exact) mass is 337 g/mol. The molecule has 0 radical (unpaired) electrons. The Balaban J connectivity index is 1.94. The molecule has 0 heterocycles. The Morgan fingerprint density at radius 3 is 2.50 bits per heavy atom. The van der Waals surface area contributed by atoms with Crippen molar-refractivity contribution >= 4 is 29.1 Å². The van der Waals surface area contributed by atoms with Crippen molar-refractivity contribution in [2.24, 2.45) is 0 Å². The molecule has 0 spiro atoms. The Morgan fingerprint density at radius 1 is 1.14 bits per heavy atom. The van der Waals surface area contributed by atoms with E-state index in [2.05, 4.69) is 5.32 Å². The fraction of sp³-hybridized carbons (Fsp3) is 0.235. The first-order chi connectivity index (χ1) is 10.6. The third-order valence-electron chi connectivity index (χ3n) is 3.04. The topological polar surface area (TPSA) is 38.3 Å².